The van der Waals surface area contributed by atoms with E-state index in [0.29, 0.717) is 61.2 Å². The van der Waals surface area contributed by atoms with E-state index < -0.39 is 11.6 Å². The molecule has 2 heterocycles. The molecule has 1 amide bonds. The zero-order chi connectivity index (χ0) is 18.8. The van der Waals surface area contributed by atoms with Gasteiger partial charge in [0.05, 0.1) is 5.69 Å². The average Bonchev–Trinajstić information content (AvgIpc) is 2.66. The molecule has 0 radical (unpaired) electrons. The largest absolute Gasteiger partial charge is 0.486 e. The van der Waals surface area contributed by atoms with Crippen molar-refractivity contribution >= 4 is 17.3 Å². The summed E-state index contributed by atoms with van der Waals surface area (Å²) in [5, 5.41) is 2.82. The summed E-state index contributed by atoms with van der Waals surface area (Å²) in [6, 6.07) is 7.51. The van der Waals surface area contributed by atoms with Gasteiger partial charge >= 0.3 is 0 Å². The summed E-state index contributed by atoms with van der Waals surface area (Å²) in [7, 11) is 0. The second-order valence-corrected chi connectivity index (χ2v) is 6.64. The molecule has 0 saturated carbocycles. The molecular formula is C20H20F2N2O3. The Morgan fingerprint density at radius 1 is 1.11 bits per heavy atom. The van der Waals surface area contributed by atoms with Crippen LogP contribution in [-0.2, 0) is 11.2 Å². The molecule has 0 fully saturated rings. The molecule has 0 spiro atoms. The van der Waals surface area contributed by atoms with Crippen LogP contribution in [0.4, 0.5) is 20.2 Å². The normalized spacial score (nSPS) is 15.3. The monoisotopic (exact) mass is 374 g/mol. The lowest BCUT2D eigenvalue weighted by Crippen LogP contribution is -2.33. The van der Waals surface area contributed by atoms with Crippen LogP contribution in [0.1, 0.15) is 18.4 Å². The number of amides is 1. The predicted molar refractivity (Wildman–Crippen MR) is 97.6 cm³/mol. The maximum Gasteiger partial charge on any atom is 0.226 e. The predicted octanol–water partition coefficient (Wildman–Crippen LogP) is 3.52. The van der Waals surface area contributed by atoms with Crippen molar-refractivity contribution < 1.29 is 23.0 Å². The van der Waals surface area contributed by atoms with Crippen LogP contribution in [-0.4, -0.2) is 32.2 Å². The molecule has 5 nitrogen and oxygen atoms in total. The van der Waals surface area contributed by atoms with Gasteiger partial charge in [-0.3, -0.25) is 4.79 Å². The first kappa shape index (κ1) is 17.6. The Morgan fingerprint density at radius 3 is 2.78 bits per heavy atom. The van der Waals surface area contributed by atoms with Crippen LogP contribution >= 0.6 is 0 Å². The number of halogens is 2. The number of carbonyl (C=O) groups is 1. The molecule has 27 heavy (non-hydrogen) atoms. The summed E-state index contributed by atoms with van der Waals surface area (Å²) in [4.78, 5) is 14.1. The van der Waals surface area contributed by atoms with Gasteiger partial charge in [-0.15, -0.1) is 0 Å². The molecule has 0 saturated heterocycles. The summed E-state index contributed by atoms with van der Waals surface area (Å²) < 4.78 is 38.6. The molecular weight excluding hydrogens is 354 g/mol. The maximum absolute atomic E-state index is 14.2. The highest BCUT2D eigenvalue weighted by Crippen LogP contribution is 2.33. The molecule has 2 aliphatic rings. The number of nitrogens with zero attached hydrogens (tertiary/aromatic N) is 1. The van der Waals surface area contributed by atoms with E-state index in [-0.39, 0.29) is 12.3 Å². The Kier molecular flexibility index (Phi) is 4.83. The molecule has 2 aromatic carbocycles. The SMILES string of the molecule is O=C(CCN1CCCc2cc(F)cc(F)c21)Nc1ccc2c(c1)OCCO2. The number of aryl methyl sites for hydroxylation is 1. The van der Waals surface area contributed by atoms with Crippen molar-refractivity contribution in [1.82, 2.24) is 0 Å². The van der Waals surface area contributed by atoms with Crippen molar-refractivity contribution in [2.75, 3.05) is 36.5 Å². The number of carbonyl (C=O) groups excluding carboxylic acids is 1. The number of hydrogen-bond donors (Lipinski definition) is 1. The molecule has 0 aromatic heterocycles. The van der Waals surface area contributed by atoms with E-state index in [1.165, 1.54) is 6.07 Å². The summed E-state index contributed by atoms with van der Waals surface area (Å²) in [5.74, 6) is -0.0531. The van der Waals surface area contributed by atoms with E-state index in [9.17, 15) is 13.6 Å². The lowest BCUT2D eigenvalue weighted by Gasteiger charge is -2.31. The second kappa shape index (κ2) is 7.42. The minimum atomic E-state index is -0.572. The molecule has 1 N–H and O–H groups in total. The fourth-order valence-electron chi connectivity index (χ4n) is 3.54. The smallest absolute Gasteiger partial charge is 0.226 e. The third-order valence-electron chi connectivity index (χ3n) is 4.73. The Labute approximate surface area is 155 Å². The van der Waals surface area contributed by atoms with Crippen LogP contribution < -0.4 is 19.7 Å². The molecule has 0 bridgehead atoms. The standard InChI is InChI=1S/C20H20F2N2O3/c21-14-10-13-2-1-6-24(20(13)16(22)11-14)7-5-19(25)23-15-3-4-17-18(12-15)27-9-8-26-17/h3-4,10-12H,1-2,5-9H2,(H,23,25). The van der Waals surface area contributed by atoms with Crippen molar-refractivity contribution in [2.45, 2.75) is 19.3 Å². The summed E-state index contributed by atoms with van der Waals surface area (Å²) in [5.41, 5.74) is 1.69. The van der Waals surface area contributed by atoms with Crippen LogP contribution in [0.15, 0.2) is 30.3 Å². The highest BCUT2D eigenvalue weighted by atomic mass is 19.1. The van der Waals surface area contributed by atoms with Gasteiger partial charge in [-0.2, -0.15) is 0 Å². The number of ether oxygens (including phenoxy) is 2. The number of fused-ring (bicyclic) bond motifs is 2. The Hall–Kier alpha value is -2.83. The van der Waals surface area contributed by atoms with Gasteiger partial charge in [0.2, 0.25) is 5.91 Å². The molecule has 0 unspecified atom stereocenters. The lowest BCUT2D eigenvalue weighted by atomic mass is 10.0. The summed E-state index contributed by atoms with van der Waals surface area (Å²) in [6.45, 7) is 2.00. The number of hydrogen-bond acceptors (Lipinski definition) is 4. The molecule has 4 rings (SSSR count). The van der Waals surface area contributed by atoms with Crippen LogP contribution in [0.2, 0.25) is 0 Å². The minimum Gasteiger partial charge on any atom is -0.486 e. The fraction of sp³-hybridized carbons (Fsp3) is 0.350. The third kappa shape index (κ3) is 3.82. The second-order valence-electron chi connectivity index (χ2n) is 6.64. The zero-order valence-electron chi connectivity index (χ0n) is 14.8. The van der Waals surface area contributed by atoms with E-state index in [1.807, 2.05) is 4.90 Å². The molecule has 0 aliphatic carbocycles. The van der Waals surface area contributed by atoms with Crippen molar-refractivity contribution in [1.29, 1.82) is 0 Å². The van der Waals surface area contributed by atoms with Gasteiger partial charge < -0.3 is 19.7 Å². The first-order valence-electron chi connectivity index (χ1n) is 9.02. The van der Waals surface area contributed by atoms with Crippen molar-refractivity contribution in [2.24, 2.45) is 0 Å². The topological polar surface area (TPSA) is 50.8 Å². The fourth-order valence-corrected chi connectivity index (χ4v) is 3.54. The molecule has 142 valence electrons. The van der Waals surface area contributed by atoms with E-state index in [2.05, 4.69) is 5.32 Å². The summed E-state index contributed by atoms with van der Waals surface area (Å²) >= 11 is 0. The van der Waals surface area contributed by atoms with E-state index in [1.54, 1.807) is 18.2 Å². The Bertz CT molecular complexity index is 873. The van der Waals surface area contributed by atoms with Crippen LogP contribution in [0, 0.1) is 11.6 Å². The number of anilines is 2. The van der Waals surface area contributed by atoms with Gasteiger partial charge in [-0.05, 0) is 36.6 Å². The Morgan fingerprint density at radius 2 is 1.93 bits per heavy atom. The summed E-state index contributed by atoms with van der Waals surface area (Å²) in [6.07, 6.45) is 1.65. The van der Waals surface area contributed by atoms with E-state index in [4.69, 9.17) is 9.47 Å². The zero-order valence-corrected chi connectivity index (χ0v) is 14.8. The first-order valence-corrected chi connectivity index (χ1v) is 9.02. The van der Waals surface area contributed by atoms with Gasteiger partial charge in [0.15, 0.2) is 11.5 Å². The highest BCUT2D eigenvalue weighted by molar-refractivity contribution is 5.91. The van der Waals surface area contributed by atoms with Crippen LogP contribution in [0.5, 0.6) is 11.5 Å². The van der Waals surface area contributed by atoms with Crippen LogP contribution in [0.3, 0.4) is 0 Å². The van der Waals surface area contributed by atoms with Gasteiger partial charge in [0, 0.05) is 37.3 Å². The maximum atomic E-state index is 14.2. The lowest BCUT2D eigenvalue weighted by molar-refractivity contribution is -0.116. The van der Waals surface area contributed by atoms with Gasteiger partial charge in [-0.1, -0.05) is 0 Å². The van der Waals surface area contributed by atoms with Crippen molar-refractivity contribution in [3.05, 3.63) is 47.5 Å². The molecule has 7 heteroatoms. The molecule has 2 aromatic rings. The number of benzene rings is 2. The number of rotatable bonds is 4. The van der Waals surface area contributed by atoms with E-state index in [0.717, 1.165) is 12.5 Å². The third-order valence-corrected chi connectivity index (χ3v) is 4.73. The van der Waals surface area contributed by atoms with Crippen LogP contribution in [0.25, 0.3) is 0 Å². The molecule has 2 aliphatic heterocycles. The first-order chi connectivity index (χ1) is 13.1. The minimum absolute atomic E-state index is 0.179. The van der Waals surface area contributed by atoms with Crippen molar-refractivity contribution in [3.8, 4) is 11.5 Å². The van der Waals surface area contributed by atoms with E-state index >= 15 is 0 Å². The highest BCUT2D eigenvalue weighted by Gasteiger charge is 2.22. The quantitative estimate of drug-likeness (QED) is 0.890. The van der Waals surface area contributed by atoms with Gasteiger partial charge in [0.25, 0.3) is 0 Å². The molecule has 0 atom stereocenters. The number of nitrogens with one attached hydrogen (secondary N) is 1. The van der Waals surface area contributed by atoms with Gasteiger partial charge in [0.1, 0.15) is 24.8 Å². The average molecular weight is 374 g/mol. The van der Waals surface area contributed by atoms with Crippen molar-refractivity contribution in [3.63, 3.8) is 0 Å². The Balaban J connectivity index is 1.39. The van der Waals surface area contributed by atoms with Gasteiger partial charge in [-0.25, -0.2) is 8.78 Å².